The largest absolute Gasteiger partial charge is 0.467 e. The lowest BCUT2D eigenvalue weighted by molar-refractivity contribution is -0.144. The first kappa shape index (κ1) is 18.6. The van der Waals surface area contributed by atoms with Crippen LogP contribution in [0.3, 0.4) is 0 Å². The van der Waals surface area contributed by atoms with Gasteiger partial charge in [-0.2, -0.15) is 5.10 Å². The fraction of sp³-hybridized carbons (Fsp3) is 0.444. The van der Waals surface area contributed by atoms with Crippen LogP contribution in [0.25, 0.3) is 10.8 Å². The van der Waals surface area contributed by atoms with Gasteiger partial charge in [0.1, 0.15) is 6.04 Å². The van der Waals surface area contributed by atoms with Gasteiger partial charge in [-0.25, -0.2) is 9.48 Å². The lowest BCUT2D eigenvalue weighted by atomic mass is 10.1. The van der Waals surface area contributed by atoms with Gasteiger partial charge in [-0.05, 0) is 18.9 Å². The summed E-state index contributed by atoms with van der Waals surface area (Å²) in [5.74, 6) is -0.631. The Bertz CT molecular complexity index is 842. The number of methoxy groups -OCH3 is 1. The first-order valence-corrected chi connectivity index (χ1v) is 8.19. The number of hydrogen-bond donors (Lipinski definition) is 1. The minimum Gasteiger partial charge on any atom is -0.467 e. The predicted molar refractivity (Wildman–Crippen MR) is 94.2 cm³/mol. The van der Waals surface area contributed by atoms with E-state index in [-0.39, 0.29) is 23.8 Å². The van der Waals surface area contributed by atoms with Gasteiger partial charge in [0, 0.05) is 11.9 Å². The molecule has 0 spiro atoms. The number of carbonyl (C=O) groups is 2. The van der Waals surface area contributed by atoms with Gasteiger partial charge >= 0.3 is 5.97 Å². The molecule has 1 amide bonds. The van der Waals surface area contributed by atoms with Crippen LogP contribution in [0.2, 0.25) is 0 Å². The van der Waals surface area contributed by atoms with E-state index in [4.69, 9.17) is 0 Å². The molecule has 0 bridgehead atoms. The van der Waals surface area contributed by atoms with Crippen molar-refractivity contribution in [2.45, 2.75) is 39.8 Å². The number of aromatic nitrogens is 2. The maximum absolute atomic E-state index is 12.5. The molecule has 0 aliphatic heterocycles. The summed E-state index contributed by atoms with van der Waals surface area (Å²) in [5, 5.41) is 8.13. The van der Waals surface area contributed by atoms with E-state index in [1.54, 1.807) is 31.2 Å². The van der Waals surface area contributed by atoms with Crippen molar-refractivity contribution in [1.82, 2.24) is 15.1 Å². The molecule has 25 heavy (non-hydrogen) atoms. The van der Waals surface area contributed by atoms with E-state index >= 15 is 0 Å². The van der Waals surface area contributed by atoms with Gasteiger partial charge in [0.15, 0.2) is 0 Å². The van der Waals surface area contributed by atoms with Gasteiger partial charge in [-0.15, -0.1) is 0 Å². The first-order valence-electron chi connectivity index (χ1n) is 8.19. The first-order chi connectivity index (χ1) is 11.8. The molecule has 7 heteroatoms. The highest BCUT2D eigenvalue weighted by molar-refractivity contribution is 5.90. The molecule has 1 atom stereocenters. The average molecular weight is 345 g/mol. The molecule has 0 saturated heterocycles. The summed E-state index contributed by atoms with van der Waals surface area (Å²) in [4.78, 5) is 36.2. The lowest BCUT2D eigenvalue weighted by Gasteiger charge is -2.14. The summed E-state index contributed by atoms with van der Waals surface area (Å²) in [6.07, 6.45) is -0.0276. The Morgan fingerprint density at radius 2 is 1.84 bits per heavy atom. The second-order valence-electron chi connectivity index (χ2n) is 6.36. The highest BCUT2D eigenvalue weighted by Gasteiger charge is 2.18. The van der Waals surface area contributed by atoms with E-state index in [1.807, 2.05) is 13.8 Å². The second kappa shape index (κ2) is 7.92. The number of amides is 1. The number of esters is 1. The number of ether oxygens (including phenoxy) is 1. The van der Waals surface area contributed by atoms with E-state index in [0.29, 0.717) is 23.0 Å². The molecular weight excluding hydrogens is 322 g/mol. The molecule has 0 radical (unpaired) electrons. The van der Waals surface area contributed by atoms with E-state index in [1.165, 1.54) is 11.8 Å². The molecule has 2 aromatic rings. The molecule has 1 aromatic heterocycles. The zero-order chi connectivity index (χ0) is 18.6. The smallest absolute Gasteiger partial charge is 0.328 e. The molecule has 134 valence electrons. The zero-order valence-corrected chi connectivity index (χ0v) is 14.9. The number of carbonyl (C=O) groups excluding carboxylic acids is 2. The monoisotopic (exact) mass is 345 g/mol. The molecule has 0 aliphatic rings. The lowest BCUT2D eigenvalue weighted by Crippen LogP contribution is -2.40. The normalized spacial score (nSPS) is 12.2. The van der Waals surface area contributed by atoms with Gasteiger partial charge in [0.25, 0.3) is 5.56 Å². The van der Waals surface area contributed by atoms with Crippen molar-refractivity contribution >= 4 is 22.6 Å². The maximum Gasteiger partial charge on any atom is 0.328 e. The van der Waals surface area contributed by atoms with Crippen molar-refractivity contribution in [3.63, 3.8) is 0 Å². The topological polar surface area (TPSA) is 90.3 Å². The predicted octanol–water partition coefficient (Wildman–Crippen LogP) is 1.27. The quantitative estimate of drug-likeness (QED) is 0.796. The molecule has 0 fully saturated rings. The van der Waals surface area contributed by atoms with E-state index in [9.17, 15) is 14.4 Å². The van der Waals surface area contributed by atoms with Crippen LogP contribution in [0.1, 0.15) is 26.5 Å². The van der Waals surface area contributed by atoms with E-state index in [0.717, 1.165) is 0 Å². The molecule has 7 nitrogen and oxygen atoms in total. The van der Waals surface area contributed by atoms with Crippen molar-refractivity contribution < 1.29 is 14.3 Å². The fourth-order valence-corrected chi connectivity index (χ4v) is 2.59. The Hall–Kier alpha value is -2.70. The Labute approximate surface area is 146 Å². The van der Waals surface area contributed by atoms with Crippen LogP contribution in [-0.4, -0.2) is 34.8 Å². The Balaban J connectivity index is 2.36. The third-order valence-corrected chi connectivity index (χ3v) is 3.74. The van der Waals surface area contributed by atoms with Crippen molar-refractivity contribution in [3.8, 4) is 0 Å². The number of nitrogens with zero attached hydrogens (tertiary/aromatic N) is 2. The molecule has 1 N–H and O–H groups in total. The van der Waals surface area contributed by atoms with Gasteiger partial charge in [0.05, 0.1) is 24.6 Å². The zero-order valence-electron chi connectivity index (χ0n) is 14.9. The number of hydrogen-bond acceptors (Lipinski definition) is 5. The van der Waals surface area contributed by atoms with Gasteiger partial charge in [0.2, 0.25) is 5.91 Å². The number of fused-ring (bicyclic) bond motifs is 1. The molecule has 1 unspecified atom stereocenters. The van der Waals surface area contributed by atoms with E-state index < -0.39 is 12.0 Å². The Morgan fingerprint density at radius 1 is 1.20 bits per heavy atom. The minimum absolute atomic E-state index is 0.0276. The summed E-state index contributed by atoms with van der Waals surface area (Å²) in [5.41, 5.74) is 0.335. The van der Waals surface area contributed by atoms with Gasteiger partial charge in [-0.1, -0.05) is 32.0 Å². The summed E-state index contributed by atoms with van der Waals surface area (Å²) in [6, 6.07) is 6.34. The van der Waals surface area contributed by atoms with Gasteiger partial charge in [-0.3, -0.25) is 9.59 Å². The Morgan fingerprint density at radius 3 is 2.44 bits per heavy atom. The van der Waals surface area contributed by atoms with Crippen LogP contribution in [0.5, 0.6) is 0 Å². The second-order valence-corrected chi connectivity index (χ2v) is 6.36. The summed E-state index contributed by atoms with van der Waals surface area (Å²) in [7, 11) is 1.27. The molecule has 1 heterocycles. The van der Waals surface area contributed by atoms with Crippen molar-refractivity contribution in [2.24, 2.45) is 5.92 Å². The van der Waals surface area contributed by atoms with Crippen molar-refractivity contribution in [2.75, 3.05) is 7.11 Å². The maximum atomic E-state index is 12.5. The number of rotatable bonds is 6. The average Bonchev–Trinajstić information content (AvgIpc) is 2.57. The highest BCUT2D eigenvalue weighted by atomic mass is 16.5. The van der Waals surface area contributed by atoms with Crippen LogP contribution in [0.4, 0.5) is 0 Å². The Kier molecular flexibility index (Phi) is 5.90. The molecule has 0 aliphatic carbocycles. The summed E-state index contributed by atoms with van der Waals surface area (Å²) >= 11 is 0. The third-order valence-electron chi connectivity index (χ3n) is 3.74. The third kappa shape index (κ3) is 4.43. The molecule has 2 rings (SSSR count). The summed E-state index contributed by atoms with van der Waals surface area (Å²) in [6.45, 7) is 6.01. The van der Waals surface area contributed by atoms with Crippen molar-refractivity contribution in [3.05, 3.63) is 40.3 Å². The van der Waals surface area contributed by atoms with Crippen LogP contribution >= 0.6 is 0 Å². The van der Waals surface area contributed by atoms with Crippen molar-refractivity contribution in [1.29, 1.82) is 0 Å². The van der Waals surface area contributed by atoms with Crippen LogP contribution in [0, 0.1) is 5.92 Å². The van der Waals surface area contributed by atoms with Gasteiger partial charge < -0.3 is 10.1 Å². The number of nitrogens with one attached hydrogen (secondary N) is 1. The number of benzene rings is 1. The fourth-order valence-electron chi connectivity index (χ4n) is 2.59. The SMILES string of the molecule is COC(=O)C(C)NC(=O)Cc1nn(CC(C)C)c(=O)c2ccccc12. The van der Waals surface area contributed by atoms with Crippen LogP contribution in [0.15, 0.2) is 29.1 Å². The highest BCUT2D eigenvalue weighted by Crippen LogP contribution is 2.14. The van der Waals surface area contributed by atoms with E-state index in [2.05, 4.69) is 15.2 Å². The minimum atomic E-state index is -0.745. The van der Waals surface area contributed by atoms with Crippen LogP contribution in [-0.2, 0) is 27.3 Å². The van der Waals surface area contributed by atoms with Crippen LogP contribution < -0.4 is 10.9 Å². The molecule has 1 aromatic carbocycles. The summed E-state index contributed by atoms with van der Waals surface area (Å²) < 4.78 is 6.00. The standard InChI is InChI=1S/C18H23N3O4/c1-11(2)10-21-17(23)14-8-6-5-7-13(14)15(20-21)9-16(22)19-12(3)18(24)25-4/h5-8,11-12H,9-10H2,1-4H3,(H,19,22). The molecular formula is C18H23N3O4. The molecule has 0 saturated carbocycles.